The Balaban J connectivity index is 0.00000176. The Bertz CT molecular complexity index is 618. The minimum absolute atomic E-state index is 0. The Labute approximate surface area is 139 Å². The lowest BCUT2D eigenvalue weighted by Crippen LogP contribution is -2.39. The predicted molar refractivity (Wildman–Crippen MR) is 91.1 cm³/mol. The molecule has 2 aliphatic heterocycles. The third kappa shape index (κ3) is 3.48. The van der Waals surface area contributed by atoms with Gasteiger partial charge in [-0.1, -0.05) is 26.0 Å². The van der Waals surface area contributed by atoms with Crippen LogP contribution in [0.1, 0.15) is 44.6 Å². The molecule has 124 valence electrons. The summed E-state index contributed by atoms with van der Waals surface area (Å²) >= 11 is 0. The van der Waals surface area contributed by atoms with Crippen LogP contribution >= 0.6 is 12.4 Å². The van der Waals surface area contributed by atoms with Gasteiger partial charge in [0.2, 0.25) is 10.0 Å². The third-order valence-electron chi connectivity index (χ3n) is 4.65. The molecule has 2 fully saturated rings. The Morgan fingerprint density at radius 1 is 1.18 bits per heavy atom. The van der Waals surface area contributed by atoms with Crippen molar-refractivity contribution in [3.05, 3.63) is 29.8 Å². The Hall–Kier alpha value is -0.620. The van der Waals surface area contributed by atoms with E-state index < -0.39 is 10.0 Å². The van der Waals surface area contributed by atoms with Gasteiger partial charge in [-0.25, -0.2) is 8.42 Å². The lowest BCUT2D eigenvalue weighted by Gasteiger charge is -2.24. The van der Waals surface area contributed by atoms with Crippen LogP contribution in [0.15, 0.2) is 29.2 Å². The molecule has 2 saturated heterocycles. The van der Waals surface area contributed by atoms with Crippen LogP contribution < -0.4 is 5.32 Å². The monoisotopic (exact) mass is 344 g/mol. The summed E-state index contributed by atoms with van der Waals surface area (Å²) in [4.78, 5) is 0.437. The molecule has 2 aliphatic rings. The summed E-state index contributed by atoms with van der Waals surface area (Å²) in [6.45, 7) is 5.40. The first-order valence-electron chi connectivity index (χ1n) is 7.83. The van der Waals surface area contributed by atoms with E-state index in [0.29, 0.717) is 36.0 Å². The highest BCUT2D eigenvalue weighted by Gasteiger charge is 2.34. The fourth-order valence-electron chi connectivity index (χ4n) is 3.31. The van der Waals surface area contributed by atoms with Crippen molar-refractivity contribution in [3.63, 3.8) is 0 Å². The number of halogens is 1. The number of rotatable bonds is 3. The van der Waals surface area contributed by atoms with E-state index in [1.54, 1.807) is 10.4 Å². The second-order valence-corrected chi connectivity index (χ2v) is 8.45. The van der Waals surface area contributed by atoms with Gasteiger partial charge in [0.25, 0.3) is 0 Å². The molecule has 1 aromatic carbocycles. The highest BCUT2D eigenvalue weighted by atomic mass is 35.5. The van der Waals surface area contributed by atoms with Gasteiger partial charge in [-0.15, -0.1) is 12.4 Å². The molecule has 2 bridgehead atoms. The molecule has 1 aromatic rings. The van der Waals surface area contributed by atoms with Gasteiger partial charge in [0.15, 0.2) is 0 Å². The van der Waals surface area contributed by atoms with Gasteiger partial charge in [-0.3, -0.25) is 0 Å². The van der Waals surface area contributed by atoms with Crippen molar-refractivity contribution in [1.82, 2.24) is 9.62 Å². The normalized spacial score (nSPS) is 25.8. The molecule has 2 unspecified atom stereocenters. The lowest BCUT2D eigenvalue weighted by molar-refractivity contribution is 0.383. The quantitative estimate of drug-likeness (QED) is 0.917. The minimum Gasteiger partial charge on any atom is -0.310 e. The number of nitrogens with zero attached hydrogens (tertiary/aromatic N) is 1. The summed E-state index contributed by atoms with van der Waals surface area (Å²) in [7, 11) is -3.37. The zero-order valence-electron chi connectivity index (χ0n) is 13.2. The standard InChI is InChI=1S/C16H24N2O2S.ClH/c1-12(2)13-4-3-5-16(10-13)21(19,20)18-9-8-14-6-7-15(11-18)17-14;/h3-5,10,12,14-15,17H,6-9,11H2,1-2H3;1H. The zero-order valence-corrected chi connectivity index (χ0v) is 14.8. The van der Waals surface area contributed by atoms with E-state index in [1.165, 1.54) is 6.42 Å². The average molecular weight is 345 g/mol. The highest BCUT2D eigenvalue weighted by molar-refractivity contribution is 7.89. The van der Waals surface area contributed by atoms with Crippen molar-refractivity contribution in [3.8, 4) is 0 Å². The van der Waals surface area contributed by atoms with Crippen molar-refractivity contribution in [2.75, 3.05) is 13.1 Å². The lowest BCUT2D eigenvalue weighted by atomic mass is 10.0. The predicted octanol–water partition coefficient (Wildman–Crippen LogP) is 2.75. The van der Waals surface area contributed by atoms with E-state index in [2.05, 4.69) is 19.2 Å². The van der Waals surface area contributed by atoms with Crippen molar-refractivity contribution in [2.45, 2.75) is 56.0 Å². The molecule has 2 heterocycles. The summed E-state index contributed by atoms with van der Waals surface area (Å²) in [5.74, 6) is 0.335. The van der Waals surface area contributed by atoms with E-state index in [9.17, 15) is 8.42 Å². The van der Waals surface area contributed by atoms with Gasteiger partial charge in [0.05, 0.1) is 4.90 Å². The minimum atomic E-state index is -3.37. The first-order chi connectivity index (χ1) is 9.96. The van der Waals surface area contributed by atoms with Crippen LogP contribution in [0.25, 0.3) is 0 Å². The molecular weight excluding hydrogens is 320 g/mol. The SMILES string of the molecule is CC(C)c1cccc(S(=O)(=O)N2CCC3CCC(C2)N3)c1.Cl. The van der Waals surface area contributed by atoms with Crippen LogP contribution in [0.2, 0.25) is 0 Å². The molecule has 6 heteroatoms. The first-order valence-corrected chi connectivity index (χ1v) is 9.27. The van der Waals surface area contributed by atoms with Gasteiger partial charge >= 0.3 is 0 Å². The summed E-state index contributed by atoms with van der Waals surface area (Å²) in [5.41, 5.74) is 1.07. The summed E-state index contributed by atoms with van der Waals surface area (Å²) in [6.07, 6.45) is 3.18. The van der Waals surface area contributed by atoms with E-state index in [0.717, 1.165) is 18.4 Å². The molecule has 1 N–H and O–H groups in total. The summed E-state index contributed by atoms with van der Waals surface area (Å²) in [6, 6.07) is 8.21. The molecule has 3 rings (SSSR count). The maximum Gasteiger partial charge on any atom is 0.243 e. The summed E-state index contributed by atoms with van der Waals surface area (Å²) < 4.78 is 27.4. The van der Waals surface area contributed by atoms with Crippen molar-refractivity contribution >= 4 is 22.4 Å². The maximum absolute atomic E-state index is 12.9. The van der Waals surface area contributed by atoms with E-state index in [-0.39, 0.29) is 12.4 Å². The largest absolute Gasteiger partial charge is 0.310 e. The molecule has 22 heavy (non-hydrogen) atoms. The molecule has 0 aliphatic carbocycles. The second kappa shape index (κ2) is 6.87. The van der Waals surface area contributed by atoms with Gasteiger partial charge in [-0.05, 0) is 42.9 Å². The van der Waals surface area contributed by atoms with Gasteiger partial charge < -0.3 is 5.32 Å². The fourth-order valence-corrected chi connectivity index (χ4v) is 4.87. The molecular formula is C16H25ClN2O2S. The number of fused-ring (bicyclic) bond motifs is 2. The molecule has 0 amide bonds. The van der Waals surface area contributed by atoms with Gasteiger partial charge in [0.1, 0.15) is 0 Å². The number of nitrogens with one attached hydrogen (secondary N) is 1. The summed E-state index contributed by atoms with van der Waals surface area (Å²) in [5, 5.41) is 3.53. The van der Waals surface area contributed by atoms with Gasteiger partial charge in [0, 0.05) is 25.2 Å². The second-order valence-electron chi connectivity index (χ2n) is 6.52. The fraction of sp³-hybridized carbons (Fsp3) is 0.625. The van der Waals surface area contributed by atoms with Crippen molar-refractivity contribution in [1.29, 1.82) is 0 Å². The topological polar surface area (TPSA) is 49.4 Å². The van der Waals surface area contributed by atoms with Gasteiger partial charge in [-0.2, -0.15) is 4.31 Å². The molecule has 0 aromatic heterocycles. The molecule has 0 radical (unpaired) electrons. The van der Waals surface area contributed by atoms with Crippen LogP contribution in [-0.2, 0) is 10.0 Å². The van der Waals surface area contributed by atoms with Crippen molar-refractivity contribution < 1.29 is 8.42 Å². The molecule has 0 saturated carbocycles. The van der Waals surface area contributed by atoms with E-state index >= 15 is 0 Å². The maximum atomic E-state index is 12.9. The van der Waals surface area contributed by atoms with Crippen LogP contribution in [0, 0.1) is 0 Å². The number of hydrogen-bond donors (Lipinski definition) is 1. The van der Waals surface area contributed by atoms with Crippen LogP contribution in [0.5, 0.6) is 0 Å². The Morgan fingerprint density at radius 3 is 2.64 bits per heavy atom. The molecule has 4 nitrogen and oxygen atoms in total. The highest BCUT2D eigenvalue weighted by Crippen LogP contribution is 2.26. The number of benzene rings is 1. The smallest absolute Gasteiger partial charge is 0.243 e. The first kappa shape index (κ1) is 17.7. The average Bonchev–Trinajstić information content (AvgIpc) is 2.77. The zero-order chi connectivity index (χ0) is 15.0. The molecule has 0 spiro atoms. The number of hydrogen-bond acceptors (Lipinski definition) is 3. The Kier molecular flexibility index (Phi) is 5.54. The van der Waals surface area contributed by atoms with Crippen LogP contribution in [0.3, 0.4) is 0 Å². The third-order valence-corrected chi connectivity index (χ3v) is 6.51. The number of sulfonamides is 1. The Morgan fingerprint density at radius 2 is 1.91 bits per heavy atom. The van der Waals surface area contributed by atoms with E-state index in [4.69, 9.17) is 0 Å². The van der Waals surface area contributed by atoms with Crippen LogP contribution in [0.4, 0.5) is 0 Å². The van der Waals surface area contributed by atoms with E-state index in [1.807, 2.05) is 18.2 Å². The van der Waals surface area contributed by atoms with Crippen LogP contribution in [-0.4, -0.2) is 37.9 Å². The van der Waals surface area contributed by atoms with Crippen molar-refractivity contribution in [2.24, 2.45) is 0 Å². The molecule has 2 atom stereocenters.